The summed E-state index contributed by atoms with van der Waals surface area (Å²) in [4.78, 5) is 36.5. The fourth-order valence-electron chi connectivity index (χ4n) is 3.27. The number of hydrogen-bond acceptors (Lipinski definition) is 7. The highest BCUT2D eigenvalue weighted by Crippen LogP contribution is 2.22. The summed E-state index contributed by atoms with van der Waals surface area (Å²) in [6.45, 7) is -0.477. The molecule has 1 saturated heterocycles. The molecule has 2 aromatic carbocycles. The number of hydrogen-bond donors (Lipinski definition) is 3. The first-order valence-electron chi connectivity index (χ1n) is 9.70. The van der Waals surface area contributed by atoms with Crippen LogP contribution in [0, 0.1) is 0 Å². The quantitative estimate of drug-likeness (QED) is 0.557. The van der Waals surface area contributed by atoms with Crippen molar-refractivity contribution in [2.75, 3.05) is 13.7 Å². The summed E-state index contributed by atoms with van der Waals surface area (Å²) in [6.07, 6.45) is 0.781. The molecule has 158 valence electrons. The molecule has 3 N–H and O–H groups in total. The van der Waals surface area contributed by atoms with Crippen LogP contribution < -0.4 is 16.2 Å². The zero-order valence-electron chi connectivity index (χ0n) is 16.7. The molecule has 1 heterocycles. The summed E-state index contributed by atoms with van der Waals surface area (Å²) in [5.41, 5.74) is 7.89. The van der Waals surface area contributed by atoms with E-state index in [1.165, 1.54) is 7.11 Å². The normalized spacial score (nSPS) is 19.0. The predicted molar refractivity (Wildman–Crippen MR) is 109 cm³/mol. The van der Waals surface area contributed by atoms with Crippen LogP contribution in [-0.2, 0) is 30.3 Å². The standard InChI is InChI=1S/C22H25N3O5/c1-29-21(27)18(12-15-8-4-2-5-9-15)23-20(26)14-30-22(28)19-13-17(24-25-19)16-10-6-3-7-11-16/h2-11,17-19,24-25H,12-14H2,1H3,(H,23,26). The number of carbonyl (C=O) groups is 3. The summed E-state index contributed by atoms with van der Waals surface area (Å²) < 4.78 is 9.90. The molecule has 30 heavy (non-hydrogen) atoms. The summed E-state index contributed by atoms with van der Waals surface area (Å²) >= 11 is 0. The van der Waals surface area contributed by atoms with Gasteiger partial charge in [-0.1, -0.05) is 60.7 Å². The van der Waals surface area contributed by atoms with E-state index in [-0.39, 0.29) is 12.5 Å². The van der Waals surface area contributed by atoms with Gasteiger partial charge in [-0.2, -0.15) is 0 Å². The fraction of sp³-hybridized carbons (Fsp3) is 0.318. The van der Waals surface area contributed by atoms with Crippen molar-refractivity contribution in [3.05, 3.63) is 71.8 Å². The zero-order valence-corrected chi connectivity index (χ0v) is 16.7. The first-order valence-corrected chi connectivity index (χ1v) is 9.70. The maximum Gasteiger partial charge on any atom is 0.328 e. The number of amides is 1. The predicted octanol–water partition coefficient (Wildman–Crippen LogP) is 1.04. The third kappa shape index (κ3) is 5.88. The molecule has 3 atom stereocenters. The van der Waals surface area contributed by atoms with E-state index < -0.39 is 36.5 Å². The third-order valence-corrected chi connectivity index (χ3v) is 4.84. The molecule has 3 rings (SSSR count). The van der Waals surface area contributed by atoms with Gasteiger partial charge < -0.3 is 14.8 Å². The Kier molecular flexibility index (Phi) is 7.53. The van der Waals surface area contributed by atoms with Gasteiger partial charge in [-0.25, -0.2) is 15.6 Å². The van der Waals surface area contributed by atoms with Crippen molar-refractivity contribution in [2.45, 2.75) is 31.0 Å². The summed E-state index contributed by atoms with van der Waals surface area (Å²) in [5.74, 6) is -1.67. The van der Waals surface area contributed by atoms with E-state index in [0.29, 0.717) is 6.42 Å². The van der Waals surface area contributed by atoms with Crippen LogP contribution in [0.3, 0.4) is 0 Å². The summed E-state index contributed by atoms with van der Waals surface area (Å²) in [7, 11) is 1.26. The Balaban J connectivity index is 1.48. The van der Waals surface area contributed by atoms with E-state index >= 15 is 0 Å². The Morgan fingerprint density at radius 2 is 1.70 bits per heavy atom. The van der Waals surface area contributed by atoms with Gasteiger partial charge in [0.2, 0.25) is 0 Å². The number of esters is 2. The monoisotopic (exact) mass is 411 g/mol. The van der Waals surface area contributed by atoms with Gasteiger partial charge in [0.25, 0.3) is 5.91 Å². The number of ether oxygens (including phenoxy) is 2. The molecule has 0 aliphatic carbocycles. The van der Waals surface area contributed by atoms with Crippen molar-refractivity contribution in [1.82, 2.24) is 16.2 Å². The van der Waals surface area contributed by atoms with Gasteiger partial charge in [0.05, 0.1) is 7.11 Å². The second-order valence-corrected chi connectivity index (χ2v) is 6.98. The second-order valence-electron chi connectivity index (χ2n) is 6.98. The zero-order chi connectivity index (χ0) is 21.3. The van der Waals surface area contributed by atoms with Crippen molar-refractivity contribution in [2.24, 2.45) is 0 Å². The average molecular weight is 411 g/mol. The van der Waals surface area contributed by atoms with Crippen molar-refractivity contribution in [3.63, 3.8) is 0 Å². The van der Waals surface area contributed by atoms with Crippen molar-refractivity contribution >= 4 is 17.8 Å². The SMILES string of the molecule is COC(=O)C(Cc1ccccc1)NC(=O)COC(=O)C1CC(c2ccccc2)NN1. The Hall–Kier alpha value is -3.23. The lowest BCUT2D eigenvalue weighted by atomic mass is 10.0. The molecule has 8 heteroatoms. The minimum atomic E-state index is -0.864. The number of rotatable bonds is 8. The minimum Gasteiger partial charge on any atom is -0.467 e. The fourth-order valence-corrected chi connectivity index (χ4v) is 3.27. The molecule has 0 aromatic heterocycles. The van der Waals surface area contributed by atoms with E-state index in [1.807, 2.05) is 60.7 Å². The highest BCUT2D eigenvalue weighted by atomic mass is 16.5. The number of carbonyl (C=O) groups excluding carboxylic acids is 3. The second kappa shape index (κ2) is 10.5. The van der Waals surface area contributed by atoms with Crippen LogP contribution in [0.4, 0.5) is 0 Å². The van der Waals surface area contributed by atoms with E-state index in [2.05, 4.69) is 16.2 Å². The van der Waals surface area contributed by atoms with Crippen molar-refractivity contribution in [3.8, 4) is 0 Å². The Labute approximate surface area is 174 Å². The molecule has 0 bridgehead atoms. The molecule has 3 unspecified atom stereocenters. The number of benzene rings is 2. The van der Waals surface area contributed by atoms with Crippen LogP contribution in [0.2, 0.25) is 0 Å². The molecule has 1 amide bonds. The van der Waals surface area contributed by atoms with Gasteiger partial charge in [0.1, 0.15) is 12.1 Å². The molecule has 0 radical (unpaired) electrons. The van der Waals surface area contributed by atoms with Gasteiger partial charge >= 0.3 is 11.9 Å². The van der Waals surface area contributed by atoms with Crippen LogP contribution in [0.1, 0.15) is 23.6 Å². The Bertz CT molecular complexity index is 860. The Morgan fingerprint density at radius 3 is 2.37 bits per heavy atom. The molecular formula is C22H25N3O5. The lowest BCUT2D eigenvalue weighted by Crippen LogP contribution is -2.45. The van der Waals surface area contributed by atoms with E-state index in [0.717, 1.165) is 11.1 Å². The minimum absolute atomic E-state index is 0.0212. The van der Waals surface area contributed by atoms with Crippen molar-refractivity contribution in [1.29, 1.82) is 0 Å². The lowest BCUT2D eigenvalue weighted by molar-refractivity contribution is -0.151. The van der Waals surface area contributed by atoms with E-state index in [9.17, 15) is 14.4 Å². The van der Waals surface area contributed by atoms with Gasteiger partial charge in [0.15, 0.2) is 6.61 Å². The number of methoxy groups -OCH3 is 1. The van der Waals surface area contributed by atoms with Gasteiger partial charge in [0, 0.05) is 12.5 Å². The highest BCUT2D eigenvalue weighted by molar-refractivity contribution is 5.87. The summed E-state index contributed by atoms with van der Waals surface area (Å²) in [6, 6.07) is 17.5. The molecule has 8 nitrogen and oxygen atoms in total. The van der Waals surface area contributed by atoms with Crippen LogP contribution in [-0.4, -0.2) is 43.6 Å². The first kappa shape index (κ1) is 21.5. The lowest BCUT2D eigenvalue weighted by Gasteiger charge is -2.17. The maximum absolute atomic E-state index is 12.3. The maximum atomic E-state index is 12.3. The van der Waals surface area contributed by atoms with Crippen molar-refractivity contribution < 1.29 is 23.9 Å². The third-order valence-electron chi connectivity index (χ3n) is 4.84. The van der Waals surface area contributed by atoms with Crippen LogP contribution in [0.5, 0.6) is 0 Å². The summed E-state index contributed by atoms with van der Waals surface area (Å²) in [5, 5.41) is 2.57. The molecular weight excluding hydrogens is 386 g/mol. The number of hydrazine groups is 1. The smallest absolute Gasteiger partial charge is 0.328 e. The molecule has 1 aliphatic rings. The largest absolute Gasteiger partial charge is 0.467 e. The highest BCUT2D eigenvalue weighted by Gasteiger charge is 2.31. The molecule has 2 aromatic rings. The van der Waals surface area contributed by atoms with E-state index in [4.69, 9.17) is 9.47 Å². The topological polar surface area (TPSA) is 106 Å². The van der Waals surface area contributed by atoms with Crippen LogP contribution >= 0.6 is 0 Å². The molecule has 0 spiro atoms. The van der Waals surface area contributed by atoms with Crippen LogP contribution in [0.15, 0.2) is 60.7 Å². The van der Waals surface area contributed by atoms with Gasteiger partial charge in [-0.3, -0.25) is 9.59 Å². The van der Waals surface area contributed by atoms with Gasteiger partial charge in [-0.05, 0) is 17.5 Å². The first-order chi connectivity index (χ1) is 14.6. The molecule has 0 saturated carbocycles. The van der Waals surface area contributed by atoms with E-state index in [1.54, 1.807) is 0 Å². The Morgan fingerprint density at radius 1 is 1.03 bits per heavy atom. The average Bonchev–Trinajstić information content (AvgIpc) is 3.28. The molecule has 1 fully saturated rings. The molecule has 1 aliphatic heterocycles. The van der Waals surface area contributed by atoms with Gasteiger partial charge in [-0.15, -0.1) is 0 Å². The van der Waals surface area contributed by atoms with Crippen LogP contribution in [0.25, 0.3) is 0 Å². The number of nitrogens with one attached hydrogen (secondary N) is 3.